The number of anilines is 2. The molecule has 3 N–H and O–H groups in total. The van der Waals surface area contributed by atoms with Gasteiger partial charge in [0.25, 0.3) is 0 Å². The molecule has 0 radical (unpaired) electrons. The van der Waals surface area contributed by atoms with Gasteiger partial charge in [0.15, 0.2) is 0 Å². The van der Waals surface area contributed by atoms with Crippen LogP contribution in [-0.4, -0.2) is 16.6 Å². The topological polar surface area (TPSA) is 68.0 Å². The number of hydrogen-bond acceptors (Lipinski definition) is 4. The van der Waals surface area contributed by atoms with Crippen LogP contribution in [0.25, 0.3) is 0 Å². The molecule has 0 aliphatic carbocycles. The number of pyridine rings is 1. The molecule has 0 aliphatic rings. The van der Waals surface area contributed by atoms with E-state index in [1.807, 2.05) is 12.1 Å². The predicted octanol–water partition coefficient (Wildman–Crippen LogP) is 2.78. The number of carbonyl (C=O) groups is 1. The second-order valence-electron chi connectivity index (χ2n) is 3.95. The average Bonchev–Trinajstić information content (AvgIpc) is 2.43. The van der Waals surface area contributed by atoms with Crippen LogP contribution in [0.5, 0.6) is 0 Å². The smallest absolute Gasteiger partial charge is 0.225 e. The Labute approximate surface area is 116 Å². The lowest BCUT2D eigenvalue weighted by Gasteiger charge is -2.05. The molecule has 2 aromatic rings. The van der Waals surface area contributed by atoms with Crippen LogP contribution < -0.4 is 11.1 Å². The fourth-order valence-electron chi connectivity index (χ4n) is 1.49. The van der Waals surface area contributed by atoms with E-state index in [2.05, 4.69) is 10.3 Å². The summed E-state index contributed by atoms with van der Waals surface area (Å²) in [6.45, 7) is 0. The summed E-state index contributed by atoms with van der Waals surface area (Å²) in [5, 5.41) is 2.84. The van der Waals surface area contributed by atoms with Crippen molar-refractivity contribution < 1.29 is 4.79 Å². The molecule has 0 fully saturated rings. The Morgan fingerprint density at radius 2 is 1.84 bits per heavy atom. The summed E-state index contributed by atoms with van der Waals surface area (Å²) in [5.41, 5.74) is 7.04. The highest BCUT2D eigenvalue weighted by molar-refractivity contribution is 7.99. The first-order chi connectivity index (χ1) is 9.24. The first-order valence-corrected chi connectivity index (χ1v) is 6.91. The third-order valence-corrected chi connectivity index (χ3v) is 3.46. The lowest BCUT2D eigenvalue weighted by Crippen LogP contribution is -2.12. The van der Waals surface area contributed by atoms with E-state index in [4.69, 9.17) is 5.73 Å². The summed E-state index contributed by atoms with van der Waals surface area (Å²) in [6.07, 6.45) is 3.96. The summed E-state index contributed by atoms with van der Waals surface area (Å²) in [7, 11) is 0. The fraction of sp³-hybridized carbons (Fsp3) is 0.143. The summed E-state index contributed by atoms with van der Waals surface area (Å²) in [6, 6.07) is 11.0. The van der Waals surface area contributed by atoms with Gasteiger partial charge < -0.3 is 11.1 Å². The SMILES string of the molecule is Nc1ccc(NC(=O)CCSc2ccncc2)cc1. The van der Waals surface area contributed by atoms with Crippen molar-refractivity contribution in [3.8, 4) is 0 Å². The van der Waals surface area contributed by atoms with Gasteiger partial charge in [0.2, 0.25) is 5.91 Å². The van der Waals surface area contributed by atoms with Crippen LogP contribution in [0.4, 0.5) is 11.4 Å². The Kier molecular flexibility index (Phi) is 4.80. The zero-order valence-corrected chi connectivity index (χ0v) is 11.2. The normalized spacial score (nSPS) is 10.1. The third kappa shape index (κ3) is 4.63. The van der Waals surface area contributed by atoms with Gasteiger partial charge in [0.05, 0.1) is 0 Å². The summed E-state index contributed by atoms with van der Waals surface area (Å²) in [5.74, 6) is 0.747. The maximum absolute atomic E-state index is 11.7. The van der Waals surface area contributed by atoms with E-state index < -0.39 is 0 Å². The zero-order chi connectivity index (χ0) is 13.5. The molecule has 0 saturated heterocycles. The Balaban J connectivity index is 1.74. The molecule has 5 heteroatoms. The number of benzene rings is 1. The quantitative estimate of drug-likeness (QED) is 0.649. The van der Waals surface area contributed by atoms with Crippen LogP contribution in [0.15, 0.2) is 53.7 Å². The van der Waals surface area contributed by atoms with Gasteiger partial charge >= 0.3 is 0 Å². The molecule has 0 spiro atoms. The van der Waals surface area contributed by atoms with Crippen molar-refractivity contribution in [2.75, 3.05) is 16.8 Å². The number of nitrogens with zero attached hydrogens (tertiary/aromatic N) is 1. The molecular formula is C14H15N3OS. The summed E-state index contributed by atoms with van der Waals surface area (Å²) in [4.78, 5) is 16.8. The van der Waals surface area contributed by atoms with Crippen molar-refractivity contribution in [1.82, 2.24) is 4.98 Å². The molecule has 0 aliphatic heterocycles. The van der Waals surface area contributed by atoms with Crippen molar-refractivity contribution in [3.05, 3.63) is 48.8 Å². The molecular weight excluding hydrogens is 258 g/mol. The molecule has 0 atom stereocenters. The molecule has 1 heterocycles. The van der Waals surface area contributed by atoms with Crippen molar-refractivity contribution in [3.63, 3.8) is 0 Å². The maximum Gasteiger partial charge on any atom is 0.225 e. The number of amides is 1. The highest BCUT2D eigenvalue weighted by Gasteiger charge is 2.02. The summed E-state index contributed by atoms with van der Waals surface area (Å²) < 4.78 is 0. The van der Waals surface area contributed by atoms with Crippen molar-refractivity contribution in [2.45, 2.75) is 11.3 Å². The first-order valence-electron chi connectivity index (χ1n) is 5.92. The predicted molar refractivity (Wildman–Crippen MR) is 79.1 cm³/mol. The number of rotatable bonds is 5. The number of nitrogens with one attached hydrogen (secondary N) is 1. The number of nitrogen functional groups attached to an aromatic ring is 1. The average molecular weight is 273 g/mol. The lowest BCUT2D eigenvalue weighted by atomic mass is 10.3. The number of hydrogen-bond donors (Lipinski definition) is 2. The van der Waals surface area contributed by atoms with Crippen molar-refractivity contribution >= 4 is 29.0 Å². The number of thioether (sulfide) groups is 1. The Morgan fingerprint density at radius 1 is 1.16 bits per heavy atom. The monoisotopic (exact) mass is 273 g/mol. The van der Waals surface area contributed by atoms with Gasteiger partial charge in [-0.3, -0.25) is 9.78 Å². The first kappa shape index (κ1) is 13.4. The largest absolute Gasteiger partial charge is 0.399 e. The molecule has 1 aromatic heterocycles. The number of aromatic nitrogens is 1. The number of nitrogens with two attached hydrogens (primary N) is 1. The van der Waals surface area contributed by atoms with E-state index in [1.165, 1.54) is 0 Å². The minimum atomic E-state index is 0.00586. The van der Waals surface area contributed by atoms with E-state index in [0.29, 0.717) is 12.1 Å². The Bertz CT molecular complexity index is 528. The third-order valence-electron chi connectivity index (χ3n) is 2.44. The van der Waals surface area contributed by atoms with Gasteiger partial charge in [-0.25, -0.2) is 0 Å². The zero-order valence-electron chi connectivity index (χ0n) is 10.4. The van der Waals surface area contributed by atoms with Crippen LogP contribution in [0.3, 0.4) is 0 Å². The van der Waals surface area contributed by atoms with Gasteiger partial charge in [-0.05, 0) is 36.4 Å². The van der Waals surface area contributed by atoms with Crippen molar-refractivity contribution in [1.29, 1.82) is 0 Å². The van der Waals surface area contributed by atoms with Gasteiger partial charge in [-0.1, -0.05) is 0 Å². The minimum Gasteiger partial charge on any atom is -0.399 e. The van der Waals surface area contributed by atoms with E-state index in [0.717, 1.165) is 16.3 Å². The minimum absolute atomic E-state index is 0.00586. The molecule has 19 heavy (non-hydrogen) atoms. The second kappa shape index (κ2) is 6.80. The van der Waals surface area contributed by atoms with Gasteiger partial charge in [-0.15, -0.1) is 11.8 Å². The van der Waals surface area contributed by atoms with Gasteiger partial charge in [0.1, 0.15) is 0 Å². The molecule has 2 rings (SSSR count). The van der Waals surface area contributed by atoms with Crippen LogP contribution in [-0.2, 0) is 4.79 Å². The molecule has 0 saturated carbocycles. The van der Waals surface area contributed by atoms with E-state index >= 15 is 0 Å². The van der Waals surface area contributed by atoms with Crippen LogP contribution in [0, 0.1) is 0 Å². The molecule has 0 unspecified atom stereocenters. The Morgan fingerprint density at radius 3 is 2.53 bits per heavy atom. The summed E-state index contributed by atoms with van der Waals surface area (Å²) >= 11 is 1.64. The second-order valence-corrected chi connectivity index (χ2v) is 5.12. The lowest BCUT2D eigenvalue weighted by molar-refractivity contribution is -0.115. The molecule has 4 nitrogen and oxygen atoms in total. The van der Waals surface area contributed by atoms with Crippen LogP contribution >= 0.6 is 11.8 Å². The highest BCUT2D eigenvalue weighted by Crippen LogP contribution is 2.17. The van der Waals surface area contributed by atoms with Gasteiger partial charge in [0, 0.05) is 40.8 Å². The van der Waals surface area contributed by atoms with Crippen LogP contribution in [0.1, 0.15) is 6.42 Å². The maximum atomic E-state index is 11.7. The van der Waals surface area contributed by atoms with Crippen LogP contribution in [0.2, 0.25) is 0 Å². The fourth-order valence-corrected chi connectivity index (χ4v) is 2.32. The van der Waals surface area contributed by atoms with E-state index in [-0.39, 0.29) is 5.91 Å². The number of carbonyl (C=O) groups excluding carboxylic acids is 1. The highest BCUT2D eigenvalue weighted by atomic mass is 32.2. The van der Waals surface area contributed by atoms with E-state index in [9.17, 15) is 4.79 Å². The van der Waals surface area contributed by atoms with Gasteiger partial charge in [-0.2, -0.15) is 0 Å². The standard InChI is InChI=1S/C14H15N3OS/c15-11-1-3-12(4-2-11)17-14(18)7-10-19-13-5-8-16-9-6-13/h1-6,8-9H,7,10,15H2,(H,17,18). The molecule has 1 amide bonds. The molecule has 98 valence electrons. The Hall–Kier alpha value is -2.01. The van der Waals surface area contributed by atoms with E-state index in [1.54, 1.807) is 48.4 Å². The van der Waals surface area contributed by atoms with Crippen molar-refractivity contribution in [2.24, 2.45) is 0 Å². The molecule has 1 aromatic carbocycles. The molecule has 0 bridgehead atoms.